The number of esters is 1. The first-order valence-electron chi connectivity index (χ1n) is 9.41. The number of hydrogen-bond acceptors (Lipinski definition) is 4. The molecule has 2 heterocycles. The molecule has 1 spiro atoms. The molecule has 3 aliphatic carbocycles. The Hall–Kier alpha value is -0.870. The average molecular weight is 332 g/mol. The molecule has 3 saturated carbocycles. The first-order chi connectivity index (χ1) is 11.2. The van der Waals surface area contributed by atoms with Crippen LogP contribution in [0.15, 0.2) is 12.2 Å². The SMILES string of the molecule is C=C1[C@@H]2C[C@H]3OC(=O)[C@@H]4C(C)(C)CC[C@@H]5OC[C@@](C2)([C@@H]3[C@]54C)[C@H]1O. The third-order valence-electron chi connectivity index (χ3n) is 8.43. The molecule has 5 aliphatic rings. The van der Waals surface area contributed by atoms with Crippen molar-refractivity contribution in [2.24, 2.45) is 34.0 Å². The van der Waals surface area contributed by atoms with Crippen molar-refractivity contribution in [3.8, 4) is 0 Å². The molecule has 2 aliphatic heterocycles. The summed E-state index contributed by atoms with van der Waals surface area (Å²) in [4.78, 5) is 13.0. The number of aliphatic hydroxyl groups is 1. The third kappa shape index (κ3) is 1.48. The maximum atomic E-state index is 13.0. The predicted molar refractivity (Wildman–Crippen MR) is 88.0 cm³/mol. The van der Waals surface area contributed by atoms with E-state index in [9.17, 15) is 9.90 Å². The zero-order valence-corrected chi connectivity index (χ0v) is 14.9. The van der Waals surface area contributed by atoms with Gasteiger partial charge in [0.2, 0.25) is 0 Å². The fraction of sp³-hybridized carbons (Fsp3) is 0.850. The van der Waals surface area contributed by atoms with Gasteiger partial charge in [-0.15, -0.1) is 0 Å². The second kappa shape index (κ2) is 4.27. The van der Waals surface area contributed by atoms with Crippen LogP contribution in [0.5, 0.6) is 0 Å². The number of hydrogen-bond donors (Lipinski definition) is 1. The molecule has 4 nitrogen and oxygen atoms in total. The van der Waals surface area contributed by atoms with Crippen LogP contribution in [0.3, 0.4) is 0 Å². The Morgan fingerprint density at radius 2 is 2.04 bits per heavy atom. The van der Waals surface area contributed by atoms with Gasteiger partial charge in [-0.05, 0) is 42.6 Å². The maximum Gasteiger partial charge on any atom is 0.310 e. The van der Waals surface area contributed by atoms with Gasteiger partial charge < -0.3 is 14.6 Å². The Labute approximate surface area is 143 Å². The lowest BCUT2D eigenvalue weighted by molar-refractivity contribution is -0.305. The quantitative estimate of drug-likeness (QED) is 0.547. The second-order valence-corrected chi connectivity index (χ2v) is 9.93. The molecular formula is C20H28O4. The minimum atomic E-state index is -0.530. The molecule has 0 unspecified atom stereocenters. The fourth-order valence-electron chi connectivity index (χ4n) is 7.65. The summed E-state index contributed by atoms with van der Waals surface area (Å²) in [5.41, 5.74) is 0.267. The average Bonchev–Trinajstić information content (AvgIpc) is 2.66. The second-order valence-electron chi connectivity index (χ2n) is 9.93. The molecule has 8 atom stereocenters. The van der Waals surface area contributed by atoms with Crippen LogP contribution in [0.25, 0.3) is 0 Å². The summed E-state index contributed by atoms with van der Waals surface area (Å²) in [5.74, 6) is 0.234. The highest BCUT2D eigenvalue weighted by atomic mass is 16.6. The Morgan fingerprint density at radius 1 is 1.29 bits per heavy atom. The lowest BCUT2D eigenvalue weighted by atomic mass is 9.42. The molecule has 1 N–H and O–H groups in total. The summed E-state index contributed by atoms with van der Waals surface area (Å²) < 4.78 is 12.4. The molecule has 0 aromatic heterocycles. The van der Waals surface area contributed by atoms with Gasteiger partial charge in [-0.2, -0.15) is 0 Å². The smallest absolute Gasteiger partial charge is 0.310 e. The van der Waals surface area contributed by atoms with Crippen LogP contribution in [-0.4, -0.2) is 36.0 Å². The number of carbonyl (C=O) groups excluding carboxylic acids is 1. The summed E-state index contributed by atoms with van der Waals surface area (Å²) in [6, 6.07) is 0. The minimum absolute atomic E-state index is 0.0458. The van der Waals surface area contributed by atoms with Gasteiger partial charge in [0.05, 0.1) is 24.7 Å². The number of fused-ring (bicyclic) bond motifs is 1. The summed E-state index contributed by atoms with van der Waals surface area (Å²) in [6.07, 6.45) is 3.20. The molecule has 0 aromatic rings. The number of carbonyl (C=O) groups is 1. The van der Waals surface area contributed by atoms with E-state index in [4.69, 9.17) is 9.47 Å². The summed E-state index contributed by atoms with van der Waals surface area (Å²) >= 11 is 0. The Morgan fingerprint density at radius 3 is 2.79 bits per heavy atom. The molecule has 24 heavy (non-hydrogen) atoms. The number of rotatable bonds is 0. The summed E-state index contributed by atoms with van der Waals surface area (Å²) in [5, 5.41) is 11.1. The zero-order valence-electron chi connectivity index (χ0n) is 14.9. The van der Waals surface area contributed by atoms with Crippen LogP contribution >= 0.6 is 0 Å². The highest BCUT2D eigenvalue weighted by Gasteiger charge is 2.75. The molecule has 0 aromatic carbocycles. The van der Waals surface area contributed by atoms with Crippen LogP contribution in [0.2, 0.25) is 0 Å². The van der Waals surface area contributed by atoms with Gasteiger partial charge in [0.1, 0.15) is 6.10 Å². The highest BCUT2D eigenvalue weighted by molar-refractivity contribution is 5.76. The van der Waals surface area contributed by atoms with Crippen molar-refractivity contribution in [3.63, 3.8) is 0 Å². The van der Waals surface area contributed by atoms with Crippen LogP contribution in [0, 0.1) is 34.0 Å². The van der Waals surface area contributed by atoms with Crippen LogP contribution in [0.4, 0.5) is 0 Å². The number of ether oxygens (including phenoxy) is 2. The molecule has 132 valence electrons. The van der Waals surface area contributed by atoms with Gasteiger partial charge in [-0.3, -0.25) is 4.79 Å². The van der Waals surface area contributed by atoms with Crippen molar-refractivity contribution >= 4 is 5.97 Å². The first kappa shape index (κ1) is 15.4. The fourth-order valence-corrected chi connectivity index (χ4v) is 7.65. The Balaban J connectivity index is 1.71. The van der Waals surface area contributed by atoms with Gasteiger partial charge in [-0.1, -0.05) is 27.4 Å². The normalized spacial score (nSPS) is 57.3. The van der Waals surface area contributed by atoms with Crippen LogP contribution < -0.4 is 0 Å². The molecule has 2 saturated heterocycles. The number of aliphatic hydroxyl groups excluding tert-OH is 1. The van der Waals surface area contributed by atoms with Crippen molar-refractivity contribution in [3.05, 3.63) is 12.2 Å². The topological polar surface area (TPSA) is 55.8 Å². The molecular weight excluding hydrogens is 304 g/mol. The Bertz CT molecular complexity index is 640. The lowest BCUT2D eigenvalue weighted by Crippen LogP contribution is -2.72. The van der Waals surface area contributed by atoms with E-state index in [2.05, 4.69) is 27.4 Å². The third-order valence-corrected chi connectivity index (χ3v) is 8.43. The monoisotopic (exact) mass is 332 g/mol. The highest BCUT2D eigenvalue weighted by Crippen LogP contribution is 2.71. The van der Waals surface area contributed by atoms with Crippen molar-refractivity contribution in [2.45, 2.75) is 64.8 Å². The standard InChI is InChI=1S/C20H28O4/c1-10-11-7-12-14-19(4)13(23-9-20(14,8-11)16(10)21)5-6-18(2,3)15(19)17(22)24-12/h11-16,21H,1,5-9H2,2-4H3/t11-,12-,13+,14+,15-,16+,19+,20+/m1/s1. The molecule has 2 bridgehead atoms. The van der Waals surface area contributed by atoms with Crippen molar-refractivity contribution in [2.75, 3.05) is 6.61 Å². The Kier molecular flexibility index (Phi) is 2.74. The van der Waals surface area contributed by atoms with E-state index in [1.54, 1.807) is 0 Å². The molecule has 4 heteroatoms. The minimum Gasteiger partial charge on any atom is -0.462 e. The van der Waals surface area contributed by atoms with E-state index in [1.807, 2.05) is 0 Å². The van der Waals surface area contributed by atoms with Crippen LogP contribution in [-0.2, 0) is 14.3 Å². The van der Waals surface area contributed by atoms with Crippen LogP contribution in [0.1, 0.15) is 46.5 Å². The maximum absolute atomic E-state index is 13.0. The van der Waals surface area contributed by atoms with E-state index in [1.165, 1.54) is 0 Å². The molecule has 5 rings (SSSR count). The van der Waals surface area contributed by atoms with Crippen molar-refractivity contribution < 1.29 is 19.4 Å². The summed E-state index contributed by atoms with van der Waals surface area (Å²) in [6.45, 7) is 11.4. The molecule has 0 amide bonds. The van der Waals surface area contributed by atoms with E-state index in [0.717, 1.165) is 31.3 Å². The van der Waals surface area contributed by atoms with Gasteiger partial charge in [-0.25, -0.2) is 0 Å². The first-order valence-corrected chi connectivity index (χ1v) is 9.41. The molecule has 0 radical (unpaired) electrons. The largest absolute Gasteiger partial charge is 0.462 e. The lowest BCUT2D eigenvalue weighted by Gasteiger charge is -2.67. The van der Waals surface area contributed by atoms with Gasteiger partial charge in [0, 0.05) is 16.7 Å². The van der Waals surface area contributed by atoms with Gasteiger partial charge in [0.15, 0.2) is 0 Å². The van der Waals surface area contributed by atoms with Gasteiger partial charge >= 0.3 is 5.97 Å². The van der Waals surface area contributed by atoms with E-state index < -0.39 is 6.10 Å². The van der Waals surface area contributed by atoms with Gasteiger partial charge in [0.25, 0.3) is 0 Å². The summed E-state index contributed by atoms with van der Waals surface area (Å²) in [7, 11) is 0. The van der Waals surface area contributed by atoms with Crippen molar-refractivity contribution in [1.82, 2.24) is 0 Å². The van der Waals surface area contributed by atoms with E-state index >= 15 is 0 Å². The molecule has 5 fully saturated rings. The van der Waals surface area contributed by atoms with E-state index in [0.29, 0.717) is 6.61 Å². The van der Waals surface area contributed by atoms with E-state index in [-0.39, 0.29) is 52.2 Å². The predicted octanol–water partition coefficient (Wildman–Crippen LogP) is 2.70. The zero-order chi connectivity index (χ0) is 17.1. The van der Waals surface area contributed by atoms with Crippen molar-refractivity contribution in [1.29, 1.82) is 0 Å².